The van der Waals surface area contributed by atoms with Gasteiger partial charge in [0, 0.05) is 18.1 Å². The zero-order valence-corrected chi connectivity index (χ0v) is 16.4. The van der Waals surface area contributed by atoms with E-state index in [2.05, 4.69) is 4.90 Å². The lowest BCUT2D eigenvalue weighted by molar-refractivity contribution is 0.321. The van der Waals surface area contributed by atoms with Crippen LogP contribution in [0.4, 0.5) is 0 Å². The average Bonchev–Trinajstić information content (AvgIpc) is 3.01. The standard InChI is InChI=1S/C17H27ClN4.2ClH/c18-16-8-6-15(7-9-16)14-22(17(19)20)13-3-1-2-10-21-11-4-5-12-21;;/h6-9H,1-5,10-14H2,(H3,19,20);2*1H. The van der Waals surface area contributed by atoms with Crippen LogP contribution < -0.4 is 5.73 Å². The summed E-state index contributed by atoms with van der Waals surface area (Å²) in [4.78, 5) is 4.48. The van der Waals surface area contributed by atoms with Crippen molar-refractivity contribution in [2.24, 2.45) is 5.73 Å². The lowest BCUT2D eigenvalue weighted by Gasteiger charge is -2.23. The summed E-state index contributed by atoms with van der Waals surface area (Å²) in [6.07, 6.45) is 6.24. The third-order valence-electron chi connectivity index (χ3n) is 4.23. The molecule has 1 aliphatic heterocycles. The first-order valence-electron chi connectivity index (χ1n) is 8.21. The summed E-state index contributed by atoms with van der Waals surface area (Å²) in [6, 6.07) is 7.74. The lowest BCUT2D eigenvalue weighted by atomic mass is 10.2. The van der Waals surface area contributed by atoms with E-state index in [1.807, 2.05) is 29.2 Å². The van der Waals surface area contributed by atoms with Gasteiger partial charge < -0.3 is 15.5 Å². The predicted molar refractivity (Wildman–Crippen MR) is 108 cm³/mol. The predicted octanol–water partition coefficient (Wildman–Crippen LogP) is 4.15. The Morgan fingerprint density at radius 1 is 1.08 bits per heavy atom. The van der Waals surface area contributed by atoms with Crippen molar-refractivity contribution in [3.05, 3.63) is 34.9 Å². The molecular weight excluding hydrogens is 367 g/mol. The zero-order chi connectivity index (χ0) is 15.8. The molecule has 1 aromatic carbocycles. The first kappa shape index (κ1) is 23.3. The largest absolute Gasteiger partial charge is 0.370 e. The van der Waals surface area contributed by atoms with Gasteiger partial charge in [-0.2, -0.15) is 0 Å². The number of benzene rings is 1. The van der Waals surface area contributed by atoms with E-state index in [4.69, 9.17) is 22.7 Å². The van der Waals surface area contributed by atoms with Crippen LogP contribution in [0.1, 0.15) is 37.7 Å². The van der Waals surface area contributed by atoms with E-state index >= 15 is 0 Å². The molecule has 0 saturated carbocycles. The number of hydrogen-bond acceptors (Lipinski definition) is 2. The molecule has 138 valence electrons. The Balaban J connectivity index is 0.00000264. The number of nitrogens with two attached hydrogens (primary N) is 1. The Bertz CT molecular complexity index is 461. The molecule has 1 saturated heterocycles. The Morgan fingerprint density at radius 3 is 2.29 bits per heavy atom. The number of unbranched alkanes of at least 4 members (excludes halogenated alkanes) is 2. The van der Waals surface area contributed by atoms with E-state index in [1.165, 1.54) is 45.3 Å². The van der Waals surface area contributed by atoms with Crippen LogP contribution in [0.3, 0.4) is 0 Å². The maximum absolute atomic E-state index is 7.73. The summed E-state index contributed by atoms with van der Waals surface area (Å²) in [7, 11) is 0. The van der Waals surface area contributed by atoms with Crippen molar-refractivity contribution in [2.75, 3.05) is 26.2 Å². The Hall–Kier alpha value is -0.680. The van der Waals surface area contributed by atoms with Gasteiger partial charge in [0.25, 0.3) is 0 Å². The van der Waals surface area contributed by atoms with Gasteiger partial charge in [0.05, 0.1) is 0 Å². The molecule has 0 unspecified atom stereocenters. The minimum atomic E-state index is 0. The summed E-state index contributed by atoms with van der Waals surface area (Å²) >= 11 is 5.90. The number of hydrogen-bond donors (Lipinski definition) is 2. The minimum Gasteiger partial charge on any atom is -0.370 e. The highest BCUT2D eigenvalue weighted by Gasteiger charge is 2.11. The van der Waals surface area contributed by atoms with Crippen LogP contribution in [-0.2, 0) is 6.54 Å². The second-order valence-electron chi connectivity index (χ2n) is 6.04. The number of rotatable bonds is 8. The van der Waals surface area contributed by atoms with Gasteiger partial charge in [-0.25, -0.2) is 0 Å². The highest BCUT2D eigenvalue weighted by molar-refractivity contribution is 6.30. The summed E-state index contributed by atoms with van der Waals surface area (Å²) in [5, 5.41) is 8.47. The normalized spacial score (nSPS) is 13.9. The van der Waals surface area contributed by atoms with Crippen LogP contribution in [0, 0.1) is 5.41 Å². The fourth-order valence-electron chi connectivity index (χ4n) is 2.92. The molecule has 7 heteroatoms. The molecule has 1 aromatic rings. The van der Waals surface area contributed by atoms with Gasteiger partial charge in [-0.15, -0.1) is 24.8 Å². The van der Waals surface area contributed by atoms with Crippen LogP contribution in [-0.4, -0.2) is 41.9 Å². The number of nitrogens with one attached hydrogen (secondary N) is 1. The van der Waals surface area contributed by atoms with Gasteiger partial charge in [0.15, 0.2) is 5.96 Å². The zero-order valence-electron chi connectivity index (χ0n) is 14.0. The number of guanidine groups is 1. The number of likely N-dealkylation sites (tertiary alicyclic amines) is 1. The molecule has 0 amide bonds. The van der Waals surface area contributed by atoms with E-state index in [0.717, 1.165) is 23.6 Å². The van der Waals surface area contributed by atoms with Crippen molar-refractivity contribution in [3.8, 4) is 0 Å². The highest BCUT2D eigenvalue weighted by atomic mass is 35.5. The second-order valence-corrected chi connectivity index (χ2v) is 6.48. The molecule has 0 aliphatic carbocycles. The Kier molecular flexibility index (Phi) is 12.3. The molecule has 0 bridgehead atoms. The second kappa shape index (κ2) is 12.6. The molecule has 1 heterocycles. The first-order valence-corrected chi connectivity index (χ1v) is 8.59. The fraction of sp³-hybridized carbons (Fsp3) is 0.588. The molecule has 1 aliphatic rings. The quantitative estimate of drug-likeness (QED) is 0.395. The van der Waals surface area contributed by atoms with Gasteiger partial charge >= 0.3 is 0 Å². The van der Waals surface area contributed by atoms with Crippen molar-refractivity contribution in [1.29, 1.82) is 5.41 Å². The van der Waals surface area contributed by atoms with Crippen molar-refractivity contribution < 1.29 is 0 Å². The third-order valence-corrected chi connectivity index (χ3v) is 4.48. The van der Waals surface area contributed by atoms with Gasteiger partial charge in [0.2, 0.25) is 0 Å². The molecule has 0 radical (unpaired) electrons. The molecule has 4 nitrogen and oxygen atoms in total. The Labute approximate surface area is 163 Å². The van der Waals surface area contributed by atoms with Gasteiger partial charge in [-0.1, -0.05) is 30.2 Å². The molecule has 1 fully saturated rings. The van der Waals surface area contributed by atoms with E-state index in [9.17, 15) is 0 Å². The fourth-order valence-corrected chi connectivity index (χ4v) is 3.04. The topological polar surface area (TPSA) is 56.4 Å². The number of nitrogens with zero attached hydrogens (tertiary/aromatic N) is 2. The smallest absolute Gasteiger partial charge is 0.188 e. The molecular formula is C17H29Cl3N4. The summed E-state index contributed by atoms with van der Waals surface area (Å²) < 4.78 is 0. The average molecular weight is 396 g/mol. The lowest BCUT2D eigenvalue weighted by Crippen LogP contribution is -2.36. The van der Waals surface area contributed by atoms with E-state index < -0.39 is 0 Å². The summed E-state index contributed by atoms with van der Waals surface area (Å²) in [5.41, 5.74) is 6.84. The molecule has 0 spiro atoms. The van der Waals surface area contributed by atoms with Gasteiger partial charge in [0.1, 0.15) is 0 Å². The van der Waals surface area contributed by atoms with Crippen LogP contribution in [0.2, 0.25) is 5.02 Å². The molecule has 0 aromatic heterocycles. The van der Waals surface area contributed by atoms with Crippen molar-refractivity contribution in [1.82, 2.24) is 9.80 Å². The monoisotopic (exact) mass is 394 g/mol. The molecule has 2 rings (SSSR count). The highest BCUT2D eigenvalue weighted by Crippen LogP contribution is 2.13. The Morgan fingerprint density at radius 2 is 1.71 bits per heavy atom. The van der Waals surface area contributed by atoms with Crippen LogP contribution in [0.5, 0.6) is 0 Å². The molecule has 24 heavy (non-hydrogen) atoms. The van der Waals surface area contributed by atoms with Crippen molar-refractivity contribution in [2.45, 2.75) is 38.6 Å². The van der Waals surface area contributed by atoms with Crippen molar-refractivity contribution >= 4 is 42.4 Å². The van der Waals surface area contributed by atoms with Crippen molar-refractivity contribution in [3.63, 3.8) is 0 Å². The maximum atomic E-state index is 7.73. The van der Waals surface area contributed by atoms with E-state index in [0.29, 0.717) is 6.54 Å². The van der Waals surface area contributed by atoms with Crippen LogP contribution in [0.25, 0.3) is 0 Å². The van der Waals surface area contributed by atoms with E-state index in [1.54, 1.807) is 0 Å². The van der Waals surface area contributed by atoms with E-state index in [-0.39, 0.29) is 30.8 Å². The first-order chi connectivity index (χ1) is 10.6. The minimum absolute atomic E-state index is 0. The summed E-state index contributed by atoms with van der Waals surface area (Å²) in [6.45, 7) is 5.29. The third kappa shape index (κ3) is 8.43. The molecule has 0 atom stereocenters. The van der Waals surface area contributed by atoms with Gasteiger partial charge in [-0.05, 0) is 63.0 Å². The van der Waals surface area contributed by atoms with Gasteiger partial charge in [-0.3, -0.25) is 5.41 Å². The maximum Gasteiger partial charge on any atom is 0.188 e. The van der Waals surface area contributed by atoms with Crippen LogP contribution >= 0.6 is 36.4 Å². The molecule has 3 N–H and O–H groups in total. The summed E-state index contributed by atoms with van der Waals surface area (Å²) in [5.74, 6) is 0.148. The SMILES string of the molecule is Cl.Cl.N=C(N)N(CCCCCN1CCCC1)Cc1ccc(Cl)cc1. The van der Waals surface area contributed by atoms with Crippen LogP contribution in [0.15, 0.2) is 24.3 Å². The number of halogens is 3.